The lowest BCUT2D eigenvalue weighted by atomic mass is 9.98. The molecular formula is C31H33BrN4O5. The van der Waals surface area contributed by atoms with Crippen LogP contribution < -0.4 is 10.6 Å². The van der Waals surface area contributed by atoms with Gasteiger partial charge in [-0.2, -0.15) is 0 Å². The van der Waals surface area contributed by atoms with Gasteiger partial charge in [-0.3, -0.25) is 9.69 Å². The molecule has 1 aliphatic carbocycles. The molecule has 10 heteroatoms. The number of carbonyl (C=O) groups is 3. The van der Waals surface area contributed by atoms with Gasteiger partial charge in [-0.15, -0.1) is 0 Å². The molecule has 2 aliphatic rings. The Kier molecular flexibility index (Phi) is 8.30. The van der Waals surface area contributed by atoms with Crippen LogP contribution in [-0.2, 0) is 14.3 Å². The van der Waals surface area contributed by atoms with Crippen LogP contribution in [0.25, 0.3) is 11.1 Å². The molecule has 1 aromatic heterocycles. The van der Waals surface area contributed by atoms with Gasteiger partial charge in [0.05, 0.1) is 0 Å². The monoisotopic (exact) mass is 620 g/mol. The van der Waals surface area contributed by atoms with Gasteiger partial charge in [0.15, 0.2) is 0 Å². The average molecular weight is 622 g/mol. The first kappa shape index (κ1) is 28.6. The predicted octanol–water partition coefficient (Wildman–Crippen LogP) is 5.95. The molecule has 214 valence electrons. The van der Waals surface area contributed by atoms with Gasteiger partial charge in [-0.05, 0) is 83.4 Å². The van der Waals surface area contributed by atoms with E-state index in [9.17, 15) is 14.4 Å². The number of halogens is 1. The molecule has 0 bridgehead atoms. The third-order valence-corrected chi connectivity index (χ3v) is 7.61. The highest BCUT2D eigenvalue weighted by Gasteiger charge is 2.41. The Morgan fingerprint density at radius 2 is 1.63 bits per heavy atom. The van der Waals surface area contributed by atoms with E-state index in [1.165, 1.54) is 4.90 Å². The number of nitrogens with zero attached hydrogens (tertiary/aromatic N) is 2. The number of pyridine rings is 1. The van der Waals surface area contributed by atoms with Gasteiger partial charge in [0.1, 0.15) is 28.7 Å². The van der Waals surface area contributed by atoms with Crippen molar-refractivity contribution in [3.05, 3.63) is 82.5 Å². The molecule has 1 saturated heterocycles. The maximum atomic E-state index is 13.2. The molecular weight excluding hydrogens is 588 g/mol. The van der Waals surface area contributed by atoms with Crippen LogP contribution in [0, 0.1) is 5.92 Å². The normalized spacial score (nSPS) is 17.9. The third kappa shape index (κ3) is 6.70. The van der Waals surface area contributed by atoms with E-state index in [4.69, 9.17) is 9.47 Å². The summed E-state index contributed by atoms with van der Waals surface area (Å²) in [6.07, 6.45) is -0.770. The lowest BCUT2D eigenvalue weighted by molar-refractivity contribution is -0.120. The maximum Gasteiger partial charge on any atom is 0.410 e. The van der Waals surface area contributed by atoms with E-state index >= 15 is 0 Å². The van der Waals surface area contributed by atoms with Crippen LogP contribution in [0.2, 0.25) is 0 Å². The molecule has 2 N–H and O–H groups in total. The second-order valence-electron chi connectivity index (χ2n) is 11.3. The zero-order valence-electron chi connectivity index (χ0n) is 23.2. The van der Waals surface area contributed by atoms with E-state index in [0.717, 1.165) is 22.3 Å². The number of likely N-dealkylation sites (tertiary alicyclic amines) is 1. The Morgan fingerprint density at radius 3 is 2.27 bits per heavy atom. The van der Waals surface area contributed by atoms with Gasteiger partial charge in [0.2, 0.25) is 5.91 Å². The molecule has 3 aromatic rings. The predicted molar refractivity (Wildman–Crippen MR) is 158 cm³/mol. The first-order valence-electron chi connectivity index (χ1n) is 13.6. The van der Waals surface area contributed by atoms with Gasteiger partial charge < -0.3 is 20.1 Å². The zero-order valence-corrected chi connectivity index (χ0v) is 24.8. The summed E-state index contributed by atoms with van der Waals surface area (Å²) in [6, 6.07) is 20.7. The smallest absolute Gasteiger partial charge is 0.410 e. The topological polar surface area (TPSA) is 110 Å². The van der Waals surface area contributed by atoms with E-state index in [0.29, 0.717) is 16.8 Å². The number of rotatable bonds is 6. The van der Waals surface area contributed by atoms with Crippen molar-refractivity contribution in [2.75, 3.05) is 25.0 Å². The number of anilines is 1. The molecule has 9 nitrogen and oxygen atoms in total. The van der Waals surface area contributed by atoms with Crippen molar-refractivity contribution in [2.24, 2.45) is 5.92 Å². The number of benzene rings is 2. The number of ether oxygens (including phenoxy) is 2. The Labute approximate surface area is 247 Å². The molecule has 3 amide bonds. The number of alkyl carbamates (subject to hydrolysis) is 1. The van der Waals surface area contributed by atoms with Crippen molar-refractivity contribution in [3.63, 3.8) is 0 Å². The van der Waals surface area contributed by atoms with Crippen molar-refractivity contribution in [3.8, 4) is 11.1 Å². The first-order chi connectivity index (χ1) is 19.6. The summed E-state index contributed by atoms with van der Waals surface area (Å²) in [5.74, 6) is -0.213. The number of aromatic nitrogens is 1. The molecule has 1 fully saturated rings. The quantitative estimate of drug-likeness (QED) is 0.330. The fourth-order valence-electron chi connectivity index (χ4n) is 5.41. The molecule has 1 aliphatic heterocycles. The van der Waals surface area contributed by atoms with E-state index < -0.39 is 23.8 Å². The summed E-state index contributed by atoms with van der Waals surface area (Å²) < 4.78 is 11.8. The number of nitrogens with one attached hydrogen (secondary N) is 2. The first-order valence-corrected chi connectivity index (χ1v) is 14.4. The minimum absolute atomic E-state index is 0.0398. The SMILES string of the molecule is CC(C)(C)OC(=O)N1C[C@H](CNC(=O)OCC2c3ccccc3-c3ccccc32)C[C@H]1C(=O)Nc1cccc(Br)n1. The lowest BCUT2D eigenvalue weighted by Gasteiger charge is -2.28. The van der Waals surface area contributed by atoms with Crippen molar-refractivity contribution in [1.82, 2.24) is 15.2 Å². The summed E-state index contributed by atoms with van der Waals surface area (Å²) in [5.41, 5.74) is 3.88. The van der Waals surface area contributed by atoms with Crippen LogP contribution in [0.1, 0.15) is 44.2 Å². The Hall–Kier alpha value is -3.92. The summed E-state index contributed by atoms with van der Waals surface area (Å²) in [5, 5.41) is 5.61. The fourth-order valence-corrected chi connectivity index (χ4v) is 5.75. The molecule has 5 rings (SSSR count). The third-order valence-electron chi connectivity index (χ3n) is 7.16. The van der Waals surface area contributed by atoms with Crippen LogP contribution in [0.5, 0.6) is 0 Å². The summed E-state index contributed by atoms with van der Waals surface area (Å²) >= 11 is 3.30. The van der Waals surface area contributed by atoms with Gasteiger partial charge >= 0.3 is 12.2 Å². The highest BCUT2D eigenvalue weighted by molar-refractivity contribution is 9.10. The highest BCUT2D eigenvalue weighted by Crippen LogP contribution is 2.44. The van der Waals surface area contributed by atoms with E-state index in [1.54, 1.807) is 39.0 Å². The maximum absolute atomic E-state index is 13.2. The summed E-state index contributed by atoms with van der Waals surface area (Å²) in [7, 11) is 0. The minimum atomic E-state index is -0.778. The standard InChI is InChI=1S/C31H33BrN4O5/c1-31(2,3)41-30(39)36-17-19(15-25(36)28(37)35-27-14-8-13-26(32)34-27)16-33-29(38)40-18-24-22-11-6-4-9-20(22)21-10-5-7-12-23(21)24/h4-14,19,24-25H,15-18H2,1-3H3,(H,33,38)(H,34,35,37)/t19-,25-/m0/s1. The van der Waals surface area contributed by atoms with E-state index in [1.807, 2.05) is 24.3 Å². The number of amides is 3. The molecule has 0 saturated carbocycles. The number of carbonyl (C=O) groups excluding carboxylic acids is 3. The zero-order chi connectivity index (χ0) is 29.1. The number of fused-ring (bicyclic) bond motifs is 3. The lowest BCUT2D eigenvalue weighted by Crippen LogP contribution is -2.45. The second-order valence-corrected chi connectivity index (χ2v) is 12.1. The number of hydrogen-bond acceptors (Lipinski definition) is 6. The van der Waals surface area contributed by atoms with Crippen molar-refractivity contribution >= 4 is 39.8 Å². The molecule has 2 atom stereocenters. The summed E-state index contributed by atoms with van der Waals surface area (Å²) in [4.78, 5) is 44.6. The highest BCUT2D eigenvalue weighted by atomic mass is 79.9. The van der Waals surface area contributed by atoms with Gasteiger partial charge in [-0.1, -0.05) is 54.6 Å². The van der Waals surface area contributed by atoms with Gasteiger partial charge in [-0.25, -0.2) is 14.6 Å². The molecule has 0 spiro atoms. The van der Waals surface area contributed by atoms with Crippen molar-refractivity contribution in [1.29, 1.82) is 0 Å². The average Bonchev–Trinajstić information content (AvgIpc) is 3.50. The largest absolute Gasteiger partial charge is 0.449 e. The number of hydrogen-bond donors (Lipinski definition) is 2. The molecule has 0 radical (unpaired) electrons. The minimum Gasteiger partial charge on any atom is -0.449 e. The Balaban J connectivity index is 1.20. The van der Waals surface area contributed by atoms with E-state index in [2.05, 4.69) is 55.8 Å². The molecule has 41 heavy (non-hydrogen) atoms. The van der Waals surface area contributed by atoms with Crippen molar-refractivity contribution in [2.45, 2.75) is 44.8 Å². The van der Waals surface area contributed by atoms with Crippen LogP contribution in [-0.4, -0.2) is 59.3 Å². The van der Waals surface area contributed by atoms with Gasteiger partial charge in [0, 0.05) is 19.0 Å². The van der Waals surface area contributed by atoms with Crippen LogP contribution >= 0.6 is 15.9 Å². The van der Waals surface area contributed by atoms with E-state index in [-0.39, 0.29) is 37.4 Å². The molecule has 2 heterocycles. The van der Waals surface area contributed by atoms with Gasteiger partial charge in [0.25, 0.3) is 0 Å². The fraction of sp³-hybridized carbons (Fsp3) is 0.355. The molecule has 2 aromatic carbocycles. The van der Waals surface area contributed by atoms with Crippen LogP contribution in [0.15, 0.2) is 71.3 Å². The Bertz CT molecular complexity index is 1410. The van der Waals surface area contributed by atoms with Crippen molar-refractivity contribution < 1.29 is 23.9 Å². The molecule has 0 unspecified atom stereocenters. The summed E-state index contributed by atoms with van der Waals surface area (Å²) in [6.45, 7) is 6.03. The Morgan fingerprint density at radius 1 is 0.976 bits per heavy atom. The van der Waals surface area contributed by atoms with Crippen LogP contribution in [0.3, 0.4) is 0 Å². The van der Waals surface area contributed by atoms with Crippen LogP contribution in [0.4, 0.5) is 15.4 Å². The second kappa shape index (κ2) is 11.9.